The van der Waals surface area contributed by atoms with Gasteiger partial charge < -0.3 is 9.84 Å². The number of hydrogen-bond acceptors (Lipinski definition) is 3. The van der Waals surface area contributed by atoms with Crippen molar-refractivity contribution in [1.29, 1.82) is 0 Å². The van der Waals surface area contributed by atoms with Crippen LogP contribution in [0.2, 0.25) is 0 Å². The maximum atomic E-state index is 10.2. The zero-order valence-electron chi connectivity index (χ0n) is 11.1. The fourth-order valence-corrected chi connectivity index (χ4v) is 2.52. The van der Waals surface area contributed by atoms with Crippen molar-refractivity contribution in [3.63, 3.8) is 0 Å². The van der Waals surface area contributed by atoms with Crippen molar-refractivity contribution in [2.24, 2.45) is 0 Å². The summed E-state index contributed by atoms with van der Waals surface area (Å²) in [5.41, 5.74) is 3.22. The van der Waals surface area contributed by atoms with Gasteiger partial charge in [0.2, 0.25) is 0 Å². The predicted molar refractivity (Wildman–Crippen MR) is 75.0 cm³/mol. The molecule has 0 aromatic heterocycles. The van der Waals surface area contributed by atoms with E-state index in [9.17, 15) is 5.11 Å². The molecule has 0 radical (unpaired) electrons. The van der Waals surface area contributed by atoms with Crippen molar-refractivity contribution in [2.45, 2.75) is 33.3 Å². The van der Waals surface area contributed by atoms with Crippen LogP contribution in [0.3, 0.4) is 0 Å². The third-order valence-corrected chi connectivity index (χ3v) is 3.94. The summed E-state index contributed by atoms with van der Waals surface area (Å²) >= 11 is 1.85. The number of thioether (sulfide) groups is 1. The molecule has 0 aliphatic rings. The topological polar surface area (TPSA) is 29.5 Å². The highest BCUT2D eigenvalue weighted by atomic mass is 32.2. The molecule has 3 heteroatoms. The lowest BCUT2D eigenvalue weighted by Crippen LogP contribution is -2.04. The first-order chi connectivity index (χ1) is 8.11. The zero-order valence-corrected chi connectivity index (χ0v) is 11.9. The minimum atomic E-state index is -0.428. The third-order valence-electron chi connectivity index (χ3n) is 3.01. The maximum absolute atomic E-state index is 10.2. The molecule has 17 heavy (non-hydrogen) atoms. The Balaban J connectivity index is 2.85. The molecule has 0 aliphatic heterocycles. The minimum absolute atomic E-state index is 0.428. The quantitative estimate of drug-likeness (QED) is 0.788. The highest BCUT2D eigenvalue weighted by Crippen LogP contribution is 2.32. The first-order valence-electron chi connectivity index (χ1n) is 6.01. The summed E-state index contributed by atoms with van der Waals surface area (Å²) in [6, 6.07) is 4.02. The smallest absolute Gasteiger partial charge is 0.127 e. The summed E-state index contributed by atoms with van der Waals surface area (Å²) in [5.74, 6) is 2.91. The Kier molecular flexibility index (Phi) is 5.86. The van der Waals surface area contributed by atoms with Crippen molar-refractivity contribution in [2.75, 3.05) is 18.6 Å². The van der Waals surface area contributed by atoms with Gasteiger partial charge in [-0.25, -0.2) is 0 Å². The molecule has 0 spiro atoms. The van der Waals surface area contributed by atoms with Crippen LogP contribution in [0, 0.1) is 13.8 Å². The van der Waals surface area contributed by atoms with E-state index in [2.05, 4.69) is 13.8 Å². The van der Waals surface area contributed by atoms with Gasteiger partial charge in [0.25, 0.3) is 0 Å². The van der Waals surface area contributed by atoms with Crippen LogP contribution in [0.1, 0.15) is 36.1 Å². The fraction of sp³-hybridized carbons (Fsp3) is 0.571. The number of rotatable bonds is 6. The summed E-state index contributed by atoms with van der Waals surface area (Å²) in [6.07, 6.45) is 0.348. The molecule has 1 aromatic rings. The third kappa shape index (κ3) is 3.65. The van der Waals surface area contributed by atoms with Crippen LogP contribution in [0.5, 0.6) is 5.75 Å². The maximum Gasteiger partial charge on any atom is 0.127 e. The molecular weight excluding hydrogens is 232 g/mol. The van der Waals surface area contributed by atoms with E-state index in [4.69, 9.17) is 4.74 Å². The van der Waals surface area contributed by atoms with Crippen molar-refractivity contribution >= 4 is 11.8 Å². The molecule has 96 valence electrons. The van der Waals surface area contributed by atoms with Gasteiger partial charge in [-0.15, -0.1) is 0 Å². The lowest BCUT2D eigenvalue weighted by atomic mass is 9.99. The van der Waals surface area contributed by atoms with E-state index < -0.39 is 6.10 Å². The van der Waals surface area contributed by atoms with E-state index in [1.54, 1.807) is 7.11 Å². The second-order valence-electron chi connectivity index (χ2n) is 4.13. The highest BCUT2D eigenvalue weighted by molar-refractivity contribution is 7.99. The van der Waals surface area contributed by atoms with Crippen LogP contribution in [-0.2, 0) is 0 Å². The van der Waals surface area contributed by atoms with E-state index in [0.29, 0.717) is 0 Å². The van der Waals surface area contributed by atoms with E-state index in [-0.39, 0.29) is 0 Å². The molecule has 0 amide bonds. The van der Waals surface area contributed by atoms with Gasteiger partial charge in [-0.2, -0.15) is 11.8 Å². The summed E-state index contributed by atoms with van der Waals surface area (Å²) in [6.45, 7) is 6.22. The van der Waals surface area contributed by atoms with E-state index in [0.717, 1.165) is 34.8 Å². The molecule has 1 rings (SSSR count). The average Bonchev–Trinajstić information content (AvgIpc) is 2.32. The Morgan fingerprint density at radius 1 is 1.35 bits per heavy atom. The fourth-order valence-electron chi connectivity index (χ4n) is 1.84. The molecule has 0 heterocycles. The molecule has 1 atom stereocenters. The largest absolute Gasteiger partial charge is 0.496 e. The number of hydrogen-bond donors (Lipinski definition) is 1. The standard InChI is InChI=1S/C14H22O2S/c1-5-17-9-8-13(15)12-7-6-10(2)11(3)14(12)16-4/h6-7,13,15H,5,8-9H2,1-4H3. The molecule has 0 saturated heterocycles. The van der Waals surface area contributed by atoms with Crippen LogP contribution in [0.4, 0.5) is 0 Å². The highest BCUT2D eigenvalue weighted by Gasteiger charge is 2.15. The second kappa shape index (κ2) is 6.92. The molecule has 2 nitrogen and oxygen atoms in total. The number of aliphatic hydroxyl groups is 1. The minimum Gasteiger partial charge on any atom is -0.496 e. The molecule has 0 aliphatic carbocycles. The van der Waals surface area contributed by atoms with Gasteiger partial charge in [0.05, 0.1) is 13.2 Å². The number of aryl methyl sites for hydroxylation is 1. The Bertz CT molecular complexity index is 363. The van der Waals surface area contributed by atoms with Crippen molar-refractivity contribution < 1.29 is 9.84 Å². The van der Waals surface area contributed by atoms with Crippen molar-refractivity contribution in [3.05, 3.63) is 28.8 Å². The van der Waals surface area contributed by atoms with E-state index in [1.807, 2.05) is 30.8 Å². The summed E-state index contributed by atoms with van der Waals surface area (Å²) in [7, 11) is 1.67. The number of aliphatic hydroxyl groups excluding tert-OH is 1. The Morgan fingerprint density at radius 3 is 2.65 bits per heavy atom. The average molecular weight is 254 g/mol. The van der Waals surface area contributed by atoms with Crippen LogP contribution in [0.25, 0.3) is 0 Å². The second-order valence-corrected chi connectivity index (χ2v) is 5.53. The van der Waals surface area contributed by atoms with Gasteiger partial charge in [0.15, 0.2) is 0 Å². The number of methoxy groups -OCH3 is 1. The van der Waals surface area contributed by atoms with E-state index in [1.165, 1.54) is 5.56 Å². The monoisotopic (exact) mass is 254 g/mol. The molecule has 0 fully saturated rings. The van der Waals surface area contributed by atoms with E-state index >= 15 is 0 Å². The lowest BCUT2D eigenvalue weighted by Gasteiger charge is -2.17. The molecule has 1 aromatic carbocycles. The normalized spacial score (nSPS) is 12.5. The summed E-state index contributed by atoms with van der Waals surface area (Å²) in [5, 5.41) is 10.2. The SMILES string of the molecule is CCSCCC(O)c1ccc(C)c(C)c1OC. The van der Waals surface area contributed by atoms with Gasteiger partial charge in [-0.05, 0) is 42.9 Å². The number of benzene rings is 1. The predicted octanol–water partition coefficient (Wildman–Crippen LogP) is 3.49. The van der Waals surface area contributed by atoms with Crippen LogP contribution >= 0.6 is 11.8 Å². The molecule has 0 bridgehead atoms. The summed E-state index contributed by atoms with van der Waals surface area (Å²) < 4.78 is 5.42. The van der Waals surface area contributed by atoms with Crippen LogP contribution in [0.15, 0.2) is 12.1 Å². The first-order valence-corrected chi connectivity index (χ1v) is 7.17. The number of ether oxygens (including phenoxy) is 1. The van der Waals surface area contributed by atoms with Gasteiger partial charge in [0.1, 0.15) is 5.75 Å². The van der Waals surface area contributed by atoms with Gasteiger partial charge in [-0.3, -0.25) is 0 Å². The first kappa shape index (κ1) is 14.4. The molecule has 1 N–H and O–H groups in total. The molecular formula is C14H22O2S. The Hall–Kier alpha value is -0.670. The van der Waals surface area contributed by atoms with Gasteiger partial charge >= 0.3 is 0 Å². The van der Waals surface area contributed by atoms with Gasteiger partial charge in [0, 0.05) is 5.56 Å². The zero-order chi connectivity index (χ0) is 12.8. The molecule has 1 unspecified atom stereocenters. The Labute approximate surface area is 108 Å². The van der Waals surface area contributed by atoms with Crippen molar-refractivity contribution in [1.82, 2.24) is 0 Å². The summed E-state index contributed by atoms with van der Waals surface area (Å²) in [4.78, 5) is 0. The van der Waals surface area contributed by atoms with Crippen molar-refractivity contribution in [3.8, 4) is 5.75 Å². The lowest BCUT2D eigenvalue weighted by molar-refractivity contribution is 0.170. The molecule has 0 saturated carbocycles. The Morgan fingerprint density at radius 2 is 2.06 bits per heavy atom. The van der Waals surface area contributed by atoms with Gasteiger partial charge in [-0.1, -0.05) is 19.1 Å². The van der Waals surface area contributed by atoms with Crippen LogP contribution < -0.4 is 4.74 Å². The van der Waals surface area contributed by atoms with Crippen LogP contribution in [-0.4, -0.2) is 23.7 Å².